The number of carboxylic acids is 1. The van der Waals surface area contributed by atoms with Crippen molar-refractivity contribution in [3.63, 3.8) is 0 Å². The van der Waals surface area contributed by atoms with Gasteiger partial charge in [0, 0.05) is 5.33 Å². The van der Waals surface area contributed by atoms with Gasteiger partial charge in [-0.05, 0) is 19.3 Å². The van der Waals surface area contributed by atoms with Crippen LogP contribution in [0.3, 0.4) is 0 Å². The Morgan fingerprint density at radius 2 is 1.21 bits per heavy atom. The van der Waals surface area contributed by atoms with Crippen molar-refractivity contribution in [1.29, 1.82) is 0 Å². The number of unbranched alkanes of at least 4 members (excludes halogenated alkanes) is 9. The summed E-state index contributed by atoms with van der Waals surface area (Å²) in [5, 5.41) is 9.85. The molecule has 2 nitrogen and oxygen atoms in total. The predicted molar refractivity (Wildman–Crippen MR) is 86.7 cm³/mol. The molecule has 0 fully saturated rings. The standard InChI is InChI=1S/C14H25BrCl2O2/c15-12-10-8-6-4-2-1-3-5-7-9-11-14(16,17)13(18)19/h1-12H2,(H,18,19). The maximum Gasteiger partial charge on any atom is 0.340 e. The number of rotatable bonds is 13. The van der Waals surface area contributed by atoms with Crippen LogP contribution in [0, 0.1) is 0 Å². The molecule has 0 aromatic carbocycles. The molecule has 0 aliphatic heterocycles. The van der Waals surface area contributed by atoms with Crippen LogP contribution in [0.5, 0.6) is 0 Å². The van der Waals surface area contributed by atoms with Crippen molar-refractivity contribution in [3.8, 4) is 0 Å². The fourth-order valence-electron chi connectivity index (χ4n) is 1.96. The van der Waals surface area contributed by atoms with Crippen LogP contribution >= 0.6 is 39.1 Å². The lowest BCUT2D eigenvalue weighted by atomic mass is 10.1. The highest BCUT2D eigenvalue weighted by atomic mass is 79.9. The van der Waals surface area contributed by atoms with Gasteiger partial charge in [0.2, 0.25) is 4.33 Å². The Labute approximate surface area is 135 Å². The number of alkyl halides is 3. The second-order valence-corrected chi connectivity index (χ2v) is 7.26. The third-order valence-corrected chi connectivity index (χ3v) is 4.45. The summed E-state index contributed by atoms with van der Waals surface area (Å²) in [6, 6.07) is 0. The molecule has 0 radical (unpaired) electrons. The Morgan fingerprint density at radius 3 is 1.58 bits per heavy atom. The van der Waals surface area contributed by atoms with E-state index in [0.29, 0.717) is 6.42 Å². The van der Waals surface area contributed by atoms with Crippen LogP contribution in [0.1, 0.15) is 70.6 Å². The van der Waals surface area contributed by atoms with E-state index in [1.165, 1.54) is 44.9 Å². The third kappa shape index (κ3) is 12.0. The summed E-state index contributed by atoms with van der Waals surface area (Å²) in [7, 11) is 0. The molecule has 0 spiro atoms. The Morgan fingerprint density at radius 1 is 0.842 bits per heavy atom. The van der Waals surface area contributed by atoms with Gasteiger partial charge in [0.1, 0.15) is 0 Å². The molecule has 0 amide bonds. The van der Waals surface area contributed by atoms with Crippen molar-refractivity contribution in [2.45, 2.75) is 75.0 Å². The van der Waals surface area contributed by atoms with E-state index in [2.05, 4.69) is 15.9 Å². The Kier molecular flexibility index (Phi) is 12.6. The largest absolute Gasteiger partial charge is 0.479 e. The Bertz CT molecular complexity index is 235. The van der Waals surface area contributed by atoms with Crippen LogP contribution < -0.4 is 0 Å². The zero-order valence-electron chi connectivity index (χ0n) is 11.5. The molecular formula is C14H25BrCl2O2. The minimum Gasteiger partial charge on any atom is -0.479 e. The SMILES string of the molecule is O=C(O)C(Cl)(Cl)CCCCCCCCCCCCBr. The molecule has 114 valence electrons. The lowest BCUT2D eigenvalue weighted by molar-refractivity contribution is -0.138. The average Bonchev–Trinajstić information content (AvgIpc) is 2.35. The molecule has 0 saturated carbocycles. The van der Waals surface area contributed by atoms with Gasteiger partial charge in [-0.1, -0.05) is 90.5 Å². The highest BCUT2D eigenvalue weighted by molar-refractivity contribution is 9.09. The molecule has 0 aromatic rings. The Hall–Kier alpha value is 0.530. The smallest absolute Gasteiger partial charge is 0.340 e. The summed E-state index contributed by atoms with van der Waals surface area (Å²) >= 11 is 14.7. The molecule has 0 saturated heterocycles. The van der Waals surface area contributed by atoms with E-state index in [1.807, 2.05) is 0 Å². The lowest BCUT2D eigenvalue weighted by Gasteiger charge is -2.13. The molecule has 5 heteroatoms. The van der Waals surface area contributed by atoms with Crippen LogP contribution in [0.25, 0.3) is 0 Å². The summed E-state index contributed by atoms with van der Waals surface area (Å²) in [5.74, 6) is -1.14. The van der Waals surface area contributed by atoms with Crippen molar-refractivity contribution in [3.05, 3.63) is 0 Å². The molecule has 0 unspecified atom stereocenters. The van der Waals surface area contributed by atoms with Crippen molar-refractivity contribution in [2.75, 3.05) is 5.33 Å². The molecule has 0 rings (SSSR count). The number of hydrogen-bond acceptors (Lipinski definition) is 1. The zero-order chi connectivity index (χ0) is 14.6. The van der Waals surface area contributed by atoms with E-state index in [-0.39, 0.29) is 0 Å². The minimum atomic E-state index is -1.60. The number of hydrogen-bond donors (Lipinski definition) is 1. The molecule has 0 atom stereocenters. The normalized spacial score (nSPS) is 11.7. The van der Waals surface area contributed by atoms with Crippen LogP contribution in [-0.4, -0.2) is 20.7 Å². The first-order valence-corrected chi connectivity index (χ1v) is 9.05. The molecule has 0 bridgehead atoms. The molecular weight excluding hydrogens is 351 g/mol. The van der Waals surface area contributed by atoms with Gasteiger partial charge in [-0.2, -0.15) is 0 Å². The van der Waals surface area contributed by atoms with Gasteiger partial charge in [-0.15, -0.1) is 0 Å². The van der Waals surface area contributed by atoms with E-state index in [9.17, 15) is 4.79 Å². The molecule has 19 heavy (non-hydrogen) atoms. The van der Waals surface area contributed by atoms with Gasteiger partial charge < -0.3 is 5.11 Å². The quantitative estimate of drug-likeness (QED) is 0.320. The number of carboxylic acid groups (broad SMARTS) is 1. The van der Waals surface area contributed by atoms with Crippen LogP contribution in [0.15, 0.2) is 0 Å². The number of carbonyl (C=O) groups is 1. The zero-order valence-corrected chi connectivity index (χ0v) is 14.6. The molecule has 0 aliphatic carbocycles. The molecule has 0 heterocycles. The van der Waals surface area contributed by atoms with Gasteiger partial charge in [0.25, 0.3) is 0 Å². The summed E-state index contributed by atoms with van der Waals surface area (Å²) in [6.07, 6.45) is 12.4. The fourth-order valence-corrected chi connectivity index (χ4v) is 2.63. The summed E-state index contributed by atoms with van der Waals surface area (Å²) in [5.41, 5.74) is 0. The third-order valence-electron chi connectivity index (χ3n) is 3.19. The topological polar surface area (TPSA) is 37.3 Å². The summed E-state index contributed by atoms with van der Waals surface area (Å²) < 4.78 is -1.60. The second-order valence-electron chi connectivity index (χ2n) is 4.98. The van der Waals surface area contributed by atoms with Gasteiger partial charge in [0.15, 0.2) is 0 Å². The lowest BCUT2D eigenvalue weighted by Crippen LogP contribution is -2.25. The fraction of sp³-hybridized carbons (Fsp3) is 0.929. The van der Waals surface area contributed by atoms with E-state index in [4.69, 9.17) is 28.3 Å². The molecule has 1 N–H and O–H groups in total. The number of halogens is 3. The van der Waals surface area contributed by atoms with Crippen molar-refractivity contribution in [2.24, 2.45) is 0 Å². The van der Waals surface area contributed by atoms with Gasteiger partial charge in [0.05, 0.1) is 0 Å². The molecule has 0 aliphatic rings. The minimum absolute atomic E-state index is 0.331. The predicted octanol–water partition coefficient (Wildman–Crippen LogP) is 5.93. The first kappa shape index (κ1) is 19.5. The van der Waals surface area contributed by atoms with Crippen LogP contribution in [-0.2, 0) is 4.79 Å². The van der Waals surface area contributed by atoms with E-state index < -0.39 is 10.3 Å². The first-order valence-electron chi connectivity index (χ1n) is 7.18. The molecule has 0 aromatic heterocycles. The highest BCUT2D eigenvalue weighted by Gasteiger charge is 2.32. The highest BCUT2D eigenvalue weighted by Crippen LogP contribution is 2.28. The monoisotopic (exact) mass is 374 g/mol. The van der Waals surface area contributed by atoms with Gasteiger partial charge >= 0.3 is 5.97 Å². The van der Waals surface area contributed by atoms with E-state index in [0.717, 1.165) is 24.6 Å². The van der Waals surface area contributed by atoms with Crippen molar-refractivity contribution in [1.82, 2.24) is 0 Å². The van der Waals surface area contributed by atoms with Gasteiger partial charge in [-0.25, -0.2) is 4.79 Å². The maximum absolute atomic E-state index is 10.7. The van der Waals surface area contributed by atoms with E-state index >= 15 is 0 Å². The van der Waals surface area contributed by atoms with E-state index in [1.54, 1.807) is 0 Å². The average molecular weight is 376 g/mol. The van der Waals surface area contributed by atoms with Crippen molar-refractivity contribution >= 4 is 45.1 Å². The van der Waals surface area contributed by atoms with Crippen LogP contribution in [0.2, 0.25) is 0 Å². The van der Waals surface area contributed by atoms with Crippen molar-refractivity contribution < 1.29 is 9.90 Å². The Balaban J connectivity index is 3.21. The second kappa shape index (κ2) is 12.3. The summed E-state index contributed by atoms with van der Waals surface area (Å²) in [4.78, 5) is 10.7. The van der Waals surface area contributed by atoms with Gasteiger partial charge in [-0.3, -0.25) is 0 Å². The first-order chi connectivity index (χ1) is 9.00. The summed E-state index contributed by atoms with van der Waals surface area (Å²) in [6.45, 7) is 0. The maximum atomic E-state index is 10.7. The van der Waals surface area contributed by atoms with Crippen LogP contribution in [0.4, 0.5) is 0 Å². The number of aliphatic carboxylic acids is 1.